The maximum atomic E-state index is 13.0. The summed E-state index contributed by atoms with van der Waals surface area (Å²) in [6.45, 7) is 6.53. The SMILES string of the molecule is Cc1cc(C(F)(F)F)nn1CC(C)C(=O)N1CCN(Cc2ccc(F)cc2)CC1. The molecule has 2 aromatic rings. The average molecular weight is 412 g/mol. The van der Waals surface area contributed by atoms with Crippen molar-refractivity contribution in [2.24, 2.45) is 5.92 Å². The van der Waals surface area contributed by atoms with Crippen molar-refractivity contribution in [3.8, 4) is 0 Å². The number of hydrogen-bond acceptors (Lipinski definition) is 3. The van der Waals surface area contributed by atoms with E-state index in [2.05, 4.69) is 10.00 Å². The van der Waals surface area contributed by atoms with Crippen molar-refractivity contribution in [1.29, 1.82) is 0 Å². The zero-order valence-electron chi connectivity index (χ0n) is 16.4. The molecule has 1 amide bonds. The largest absolute Gasteiger partial charge is 0.435 e. The molecule has 0 bridgehead atoms. The lowest BCUT2D eigenvalue weighted by molar-refractivity contribution is -0.141. The van der Waals surface area contributed by atoms with Crippen LogP contribution in [0.5, 0.6) is 0 Å². The standard InChI is InChI=1S/C20H24F4N4O/c1-14(12-28-15(2)11-18(25-28)20(22,23)24)19(29)27-9-7-26(8-10-27)13-16-3-5-17(21)6-4-16/h3-6,11,14H,7-10,12-13H2,1-2H3. The third kappa shape index (κ3) is 5.35. The molecular weight excluding hydrogens is 388 g/mol. The number of rotatable bonds is 5. The Morgan fingerprint density at radius 2 is 1.76 bits per heavy atom. The number of nitrogens with zero attached hydrogens (tertiary/aromatic N) is 4. The molecule has 0 saturated carbocycles. The van der Waals surface area contributed by atoms with Gasteiger partial charge in [0.25, 0.3) is 0 Å². The van der Waals surface area contributed by atoms with Crippen molar-refractivity contribution >= 4 is 5.91 Å². The summed E-state index contributed by atoms with van der Waals surface area (Å²) in [5, 5.41) is 3.60. The van der Waals surface area contributed by atoms with Gasteiger partial charge in [-0.2, -0.15) is 18.3 Å². The highest BCUT2D eigenvalue weighted by molar-refractivity contribution is 5.78. The molecule has 0 N–H and O–H groups in total. The number of halogens is 4. The number of alkyl halides is 3. The minimum Gasteiger partial charge on any atom is -0.340 e. The third-order valence-electron chi connectivity index (χ3n) is 5.14. The molecule has 1 aliphatic rings. The van der Waals surface area contributed by atoms with Crippen LogP contribution in [0.25, 0.3) is 0 Å². The molecular formula is C20H24F4N4O. The van der Waals surface area contributed by atoms with Crippen LogP contribution in [-0.2, 0) is 24.1 Å². The maximum absolute atomic E-state index is 13.0. The predicted octanol–water partition coefficient (Wildman–Crippen LogP) is 3.33. The summed E-state index contributed by atoms with van der Waals surface area (Å²) in [6, 6.07) is 7.34. The van der Waals surface area contributed by atoms with E-state index in [0.717, 1.165) is 11.6 Å². The number of carbonyl (C=O) groups excluding carboxylic acids is 1. The summed E-state index contributed by atoms with van der Waals surface area (Å²) >= 11 is 0. The van der Waals surface area contributed by atoms with Gasteiger partial charge < -0.3 is 4.90 Å². The Morgan fingerprint density at radius 1 is 1.14 bits per heavy atom. The summed E-state index contributed by atoms with van der Waals surface area (Å²) in [5.41, 5.74) is 0.444. The first-order valence-corrected chi connectivity index (χ1v) is 9.50. The molecule has 2 heterocycles. The van der Waals surface area contributed by atoms with Crippen LogP contribution in [0.15, 0.2) is 30.3 Å². The monoisotopic (exact) mass is 412 g/mol. The first-order valence-electron chi connectivity index (χ1n) is 9.50. The fraction of sp³-hybridized carbons (Fsp3) is 0.500. The maximum Gasteiger partial charge on any atom is 0.435 e. The minimum atomic E-state index is -4.50. The number of hydrogen-bond donors (Lipinski definition) is 0. The van der Waals surface area contributed by atoms with E-state index in [1.165, 1.54) is 16.8 Å². The van der Waals surface area contributed by atoms with Gasteiger partial charge in [-0.1, -0.05) is 19.1 Å². The van der Waals surface area contributed by atoms with Gasteiger partial charge in [0.2, 0.25) is 5.91 Å². The first-order chi connectivity index (χ1) is 13.6. The van der Waals surface area contributed by atoms with E-state index < -0.39 is 17.8 Å². The lowest BCUT2D eigenvalue weighted by atomic mass is 10.1. The highest BCUT2D eigenvalue weighted by Crippen LogP contribution is 2.28. The molecule has 1 atom stereocenters. The lowest BCUT2D eigenvalue weighted by Crippen LogP contribution is -2.50. The van der Waals surface area contributed by atoms with Gasteiger partial charge in [0.05, 0.1) is 12.5 Å². The Labute approximate surface area is 166 Å². The molecule has 158 valence electrons. The molecule has 29 heavy (non-hydrogen) atoms. The van der Waals surface area contributed by atoms with Crippen molar-refractivity contribution in [3.05, 3.63) is 53.1 Å². The second-order valence-electron chi connectivity index (χ2n) is 7.48. The normalized spacial score (nSPS) is 16.8. The Kier molecular flexibility index (Phi) is 6.26. The zero-order chi connectivity index (χ0) is 21.2. The number of carbonyl (C=O) groups is 1. The quantitative estimate of drug-likeness (QED) is 0.708. The number of aromatic nitrogens is 2. The van der Waals surface area contributed by atoms with Crippen LogP contribution in [0, 0.1) is 18.7 Å². The van der Waals surface area contributed by atoms with Crippen LogP contribution in [-0.4, -0.2) is 51.7 Å². The fourth-order valence-electron chi connectivity index (χ4n) is 3.46. The molecule has 3 rings (SSSR count). The second kappa shape index (κ2) is 8.52. The Bertz CT molecular complexity index is 839. The van der Waals surface area contributed by atoms with Gasteiger partial charge in [-0.15, -0.1) is 0 Å². The van der Waals surface area contributed by atoms with E-state index in [-0.39, 0.29) is 18.3 Å². The van der Waals surface area contributed by atoms with Crippen LogP contribution in [0.1, 0.15) is 23.9 Å². The van der Waals surface area contributed by atoms with Crippen molar-refractivity contribution in [1.82, 2.24) is 19.6 Å². The number of benzene rings is 1. The first kappa shape index (κ1) is 21.3. The lowest BCUT2D eigenvalue weighted by Gasteiger charge is -2.36. The van der Waals surface area contributed by atoms with E-state index in [9.17, 15) is 22.4 Å². The summed E-state index contributed by atoms with van der Waals surface area (Å²) in [5.74, 6) is -0.832. The van der Waals surface area contributed by atoms with E-state index in [1.807, 2.05) is 0 Å². The van der Waals surface area contributed by atoms with Gasteiger partial charge in [0, 0.05) is 38.4 Å². The number of amides is 1. The van der Waals surface area contributed by atoms with E-state index in [1.54, 1.807) is 30.9 Å². The molecule has 1 fully saturated rings. The fourth-order valence-corrected chi connectivity index (χ4v) is 3.46. The Hall–Kier alpha value is -2.42. The summed E-state index contributed by atoms with van der Waals surface area (Å²) in [7, 11) is 0. The van der Waals surface area contributed by atoms with E-state index in [4.69, 9.17) is 0 Å². The third-order valence-corrected chi connectivity index (χ3v) is 5.14. The summed E-state index contributed by atoms with van der Waals surface area (Å²) in [6.07, 6.45) is -4.50. The molecule has 0 spiro atoms. The molecule has 1 saturated heterocycles. The van der Waals surface area contributed by atoms with Gasteiger partial charge in [-0.3, -0.25) is 14.4 Å². The molecule has 1 aromatic carbocycles. The summed E-state index contributed by atoms with van der Waals surface area (Å²) in [4.78, 5) is 16.7. The van der Waals surface area contributed by atoms with E-state index >= 15 is 0 Å². The summed E-state index contributed by atoms with van der Waals surface area (Å²) < 4.78 is 52.7. The van der Waals surface area contributed by atoms with Crippen molar-refractivity contribution in [2.75, 3.05) is 26.2 Å². The topological polar surface area (TPSA) is 41.4 Å². The van der Waals surface area contributed by atoms with Crippen LogP contribution in [0.4, 0.5) is 17.6 Å². The van der Waals surface area contributed by atoms with Gasteiger partial charge >= 0.3 is 6.18 Å². The molecule has 1 unspecified atom stereocenters. The highest BCUT2D eigenvalue weighted by atomic mass is 19.4. The number of piperazine rings is 1. The van der Waals surface area contributed by atoms with Gasteiger partial charge in [-0.05, 0) is 30.7 Å². The molecule has 1 aliphatic heterocycles. The van der Waals surface area contributed by atoms with Crippen LogP contribution < -0.4 is 0 Å². The minimum absolute atomic E-state index is 0.0881. The molecule has 5 nitrogen and oxygen atoms in total. The number of aryl methyl sites for hydroxylation is 1. The highest BCUT2D eigenvalue weighted by Gasteiger charge is 2.35. The van der Waals surface area contributed by atoms with Crippen molar-refractivity contribution in [2.45, 2.75) is 33.1 Å². The van der Waals surface area contributed by atoms with E-state index in [0.29, 0.717) is 38.4 Å². The Morgan fingerprint density at radius 3 is 2.31 bits per heavy atom. The van der Waals surface area contributed by atoms with Crippen LogP contribution in [0.2, 0.25) is 0 Å². The smallest absolute Gasteiger partial charge is 0.340 e. The van der Waals surface area contributed by atoms with Crippen molar-refractivity contribution in [3.63, 3.8) is 0 Å². The van der Waals surface area contributed by atoms with Crippen LogP contribution >= 0.6 is 0 Å². The average Bonchev–Trinajstić information content (AvgIpc) is 3.04. The van der Waals surface area contributed by atoms with Crippen LogP contribution in [0.3, 0.4) is 0 Å². The predicted molar refractivity (Wildman–Crippen MR) is 99.4 cm³/mol. The van der Waals surface area contributed by atoms with Crippen molar-refractivity contribution < 1.29 is 22.4 Å². The molecule has 1 aromatic heterocycles. The zero-order valence-corrected chi connectivity index (χ0v) is 16.4. The molecule has 0 radical (unpaired) electrons. The molecule has 9 heteroatoms. The van der Waals surface area contributed by atoms with Gasteiger partial charge in [0.15, 0.2) is 5.69 Å². The Balaban J connectivity index is 1.52. The molecule has 0 aliphatic carbocycles. The second-order valence-corrected chi connectivity index (χ2v) is 7.48. The van der Waals surface area contributed by atoms with Gasteiger partial charge in [-0.25, -0.2) is 4.39 Å². The van der Waals surface area contributed by atoms with Gasteiger partial charge in [0.1, 0.15) is 5.82 Å².